The van der Waals surface area contributed by atoms with E-state index < -0.39 is 31.8 Å². The van der Waals surface area contributed by atoms with Crippen LogP contribution in [0, 0.1) is 5.92 Å². The number of sulfone groups is 1. The third-order valence-electron chi connectivity index (χ3n) is 6.08. The van der Waals surface area contributed by atoms with E-state index >= 15 is 0 Å². The number of hydrogen-bond donors (Lipinski definition) is 0. The number of ether oxygens (including phenoxy) is 1. The maximum Gasteiger partial charge on any atom is 0.257 e. The molecule has 32 heavy (non-hydrogen) atoms. The normalized spacial score (nSPS) is 21.9. The molecule has 0 radical (unpaired) electrons. The van der Waals surface area contributed by atoms with Crippen LogP contribution in [-0.4, -0.2) is 76.2 Å². The Morgan fingerprint density at radius 3 is 2.38 bits per heavy atom. The minimum Gasteiger partial charge on any atom is -0.496 e. The van der Waals surface area contributed by atoms with Crippen molar-refractivity contribution in [3.05, 3.63) is 23.8 Å². The van der Waals surface area contributed by atoms with Crippen LogP contribution < -0.4 is 4.74 Å². The summed E-state index contributed by atoms with van der Waals surface area (Å²) < 4.78 is 57.6. The summed E-state index contributed by atoms with van der Waals surface area (Å²) in [5.74, 6) is -0.0122. The highest BCUT2D eigenvalue weighted by molar-refractivity contribution is 7.91. The second kappa shape index (κ2) is 10.1. The summed E-state index contributed by atoms with van der Waals surface area (Å²) in [4.78, 5) is 15.3. The molecule has 1 atom stereocenters. The summed E-state index contributed by atoms with van der Waals surface area (Å²) in [5, 5.41) is 0. The number of sulfonamides is 1. The van der Waals surface area contributed by atoms with Gasteiger partial charge in [0.15, 0.2) is 9.84 Å². The van der Waals surface area contributed by atoms with Gasteiger partial charge >= 0.3 is 0 Å². The molecule has 0 N–H and O–H groups in total. The molecule has 8 nitrogen and oxygen atoms in total. The van der Waals surface area contributed by atoms with Crippen LogP contribution in [0.3, 0.4) is 0 Å². The van der Waals surface area contributed by atoms with E-state index in [1.807, 2.05) is 13.8 Å². The first-order valence-corrected chi connectivity index (χ1v) is 14.5. The van der Waals surface area contributed by atoms with Gasteiger partial charge in [0.2, 0.25) is 10.0 Å². The lowest BCUT2D eigenvalue weighted by molar-refractivity contribution is 0.0668. The zero-order valence-corrected chi connectivity index (χ0v) is 20.8. The molecule has 2 fully saturated rings. The molecular weight excluding hydrogens is 452 g/mol. The van der Waals surface area contributed by atoms with Crippen molar-refractivity contribution in [1.82, 2.24) is 9.21 Å². The molecule has 2 aliphatic rings. The van der Waals surface area contributed by atoms with E-state index in [1.54, 1.807) is 4.90 Å². The average molecular weight is 487 g/mol. The molecule has 0 aliphatic carbocycles. The number of carbonyl (C=O) groups excluding carboxylic acids is 1. The van der Waals surface area contributed by atoms with Gasteiger partial charge in [-0.3, -0.25) is 4.79 Å². The van der Waals surface area contributed by atoms with Gasteiger partial charge < -0.3 is 9.64 Å². The Labute approximate surface area is 191 Å². The van der Waals surface area contributed by atoms with E-state index in [1.165, 1.54) is 29.6 Å². The Morgan fingerprint density at radius 1 is 1.19 bits per heavy atom. The maximum absolute atomic E-state index is 13.6. The number of methoxy groups -OCH3 is 1. The largest absolute Gasteiger partial charge is 0.496 e. The molecule has 0 aromatic heterocycles. The van der Waals surface area contributed by atoms with Gasteiger partial charge in [0, 0.05) is 25.7 Å². The first-order chi connectivity index (χ1) is 15.0. The van der Waals surface area contributed by atoms with Crippen molar-refractivity contribution in [2.45, 2.75) is 56.9 Å². The lowest BCUT2D eigenvalue weighted by atomic mass is 10.1. The van der Waals surface area contributed by atoms with Crippen LogP contribution in [0.2, 0.25) is 0 Å². The number of amides is 1. The van der Waals surface area contributed by atoms with Gasteiger partial charge in [-0.15, -0.1) is 0 Å². The van der Waals surface area contributed by atoms with E-state index in [-0.39, 0.29) is 33.6 Å². The number of nitrogens with zero attached hydrogens (tertiary/aromatic N) is 2. The highest BCUT2D eigenvalue weighted by atomic mass is 32.2. The number of rotatable bonds is 7. The summed E-state index contributed by atoms with van der Waals surface area (Å²) >= 11 is 0. The van der Waals surface area contributed by atoms with Gasteiger partial charge in [0.05, 0.1) is 29.1 Å². The second-order valence-electron chi connectivity index (χ2n) is 9.09. The summed E-state index contributed by atoms with van der Waals surface area (Å²) in [7, 11) is -5.49. The highest BCUT2D eigenvalue weighted by Crippen LogP contribution is 2.29. The van der Waals surface area contributed by atoms with Gasteiger partial charge in [-0.1, -0.05) is 26.7 Å². The van der Waals surface area contributed by atoms with Crippen molar-refractivity contribution in [2.24, 2.45) is 5.92 Å². The summed E-state index contributed by atoms with van der Waals surface area (Å²) in [6.45, 7) is 5.24. The minimum absolute atomic E-state index is 0.0556. The van der Waals surface area contributed by atoms with Crippen molar-refractivity contribution in [2.75, 3.05) is 38.2 Å². The van der Waals surface area contributed by atoms with Crippen molar-refractivity contribution in [3.8, 4) is 5.75 Å². The van der Waals surface area contributed by atoms with E-state index in [2.05, 4.69) is 0 Å². The molecule has 0 spiro atoms. The molecule has 10 heteroatoms. The van der Waals surface area contributed by atoms with Gasteiger partial charge in [0.25, 0.3) is 5.91 Å². The molecule has 2 saturated heterocycles. The van der Waals surface area contributed by atoms with Crippen LogP contribution in [0.25, 0.3) is 0 Å². The van der Waals surface area contributed by atoms with Crippen LogP contribution >= 0.6 is 0 Å². The third kappa shape index (κ3) is 5.63. The van der Waals surface area contributed by atoms with E-state index in [9.17, 15) is 21.6 Å². The zero-order chi connectivity index (χ0) is 23.5. The van der Waals surface area contributed by atoms with Crippen molar-refractivity contribution in [1.29, 1.82) is 0 Å². The predicted octanol–water partition coefficient (Wildman–Crippen LogP) is 2.55. The lowest BCUT2D eigenvalue weighted by Gasteiger charge is -2.30. The van der Waals surface area contributed by atoms with Crippen LogP contribution in [0.4, 0.5) is 0 Å². The smallest absolute Gasteiger partial charge is 0.257 e. The van der Waals surface area contributed by atoms with E-state index in [0.717, 1.165) is 25.7 Å². The number of hydrogen-bond acceptors (Lipinski definition) is 6. The molecule has 1 aromatic carbocycles. The Balaban J connectivity index is 1.98. The third-order valence-corrected chi connectivity index (χ3v) is 9.72. The fraction of sp³-hybridized carbons (Fsp3) is 0.682. The summed E-state index contributed by atoms with van der Waals surface area (Å²) in [6.07, 6.45) is 4.04. The zero-order valence-electron chi connectivity index (χ0n) is 19.1. The number of benzene rings is 1. The van der Waals surface area contributed by atoms with E-state index in [0.29, 0.717) is 26.1 Å². The van der Waals surface area contributed by atoms with Crippen molar-refractivity contribution in [3.63, 3.8) is 0 Å². The van der Waals surface area contributed by atoms with Crippen LogP contribution in [0.15, 0.2) is 23.1 Å². The molecule has 1 aromatic rings. The van der Waals surface area contributed by atoms with Gasteiger partial charge in [-0.2, -0.15) is 4.31 Å². The molecule has 3 rings (SSSR count). The Morgan fingerprint density at radius 2 is 1.84 bits per heavy atom. The lowest BCUT2D eigenvalue weighted by Crippen LogP contribution is -2.43. The predicted molar refractivity (Wildman–Crippen MR) is 123 cm³/mol. The van der Waals surface area contributed by atoms with Crippen molar-refractivity contribution < 1.29 is 26.4 Å². The molecular formula is C22H34N2O6S2. The standard InChI is InChI=1S/C22H34N2O6S2/c1-17(2)15-24(18-10-13-31(26,27)16-18)22(25)20-14-19(8-9-21(20)30-3)32(28,29)23-11-6-4-5-7-12-23/h8-9,14,17-18H,4-7,10-13,15-16H2,1-3H3/t18-/m1/s1. The second-order valence-corrected chi connectivity index (χ2v) is 13.3. The first-order valence-electron chi connectivity index (χ1n) is 11.2. The van der Waals surface area contributed by atoms with Crippen LogP contribution in [0.1, 0.15) is 56.3 Å². The molecule has 1 amide bonds. The average Bonchev–Trinajstić information content (AvgIpc) is 2.94. The molecule has 2 aliphatic heterocycles. The minimum atomic E-state index is -3.74. The summed E-state index contributed by atoms with van der Waals surface area (Å²) in [5.41, 5.74) is 0.147. The highest BCUT2D eigenvalue weighted by Gasteiger charge is 2.36. The topological polar surface area (TPSA) is 101 Å². The molecule has 0 saturated carbocycles. The molecule has 180 valence electrons. The Bertz CT molecular complexity index is 1030. The van der Waals surface area contributed by atoms with Gasteiger partial charge in [0.1, 0.15) is 5.75 Å². The fourth-order valence-electron chi connectivity index (χ4n) is 4.41. The Hall–Kier alpha value is -1.65. The molecule has 2 heterocycles. The first kappa shape index (κ1) is 25.0. The quantitative estimate of drug-likeness (QED) is 0.587. The number of carbonyl (C=O) groups is 1. The SMILES string of the molecule is COc1ccc(S(=O)(=O)N2CCCCCC2)cc1C(=O)N(CC(C)C)[C@@H]1CCS(=O)(=O)C1. The molecule has 0 bridgehead atoms. The van der Waals surface area contributed by atoms with Gasteiger partial charge in [-0.05, 0) is 43.4 Å². The van der Waals surface area contributed by atoms with Crippen LogP contribution in [-0.2, 0) is 19.9 Å². The Kier molecular flexibility index (Phi) is 7.88. The van der Waals surface area contributed by atoms with E-state index in [4.69, 9.17) is 4.74 Å². The maximum atomic E-state index is 13.6. The monoisotopic (exact) mass is 486 g/mol. The molecule has 0 unspecified atom stereocenters. The summed E-state index contributed by atoms with van der Waals surface area (Å²) in [6, 6.07) is 3.95. The van der Waals surface area contributed by atoms with Crippen molar-refractivity contribution >= 4 is 25.8 Å². The van der Waals surface area contributed by atoms with Crippen LogP contribution in [0.5, 0.6) is 5.75 Å². The fourth-order valence-corrected chi connectivity index (χ4v) is 7.69. The van der Waals surface area contributed by atoms with Gasteiger partial charge in [-0.25, -0.2) is 16.8 Å².